The number of hydrogen-bond acceptors (Lipinski definition) is 5. The molecule has 1 N–H and O–H groups in total. The van der Waals surface area contributed by atoms with Gasteiger partial charge >= 0.3 is 5.97 Å². The number of benzene rings is 2. The Labute approximate surface area is 148 Å². The molecule has 0 amide bonds. The van der Waals surface area contributed by atoms with E-state index in [0.29, 0.717) is 14.9 Å². The van der Waals surface area contributed by atoms with Crippen LogP contribution in [0.2, 0.25) is 5.02 Å². The molecule has 2 rings (SSSR count). The smallest absolute Gasteiger partial charge is 0.324 e. The molecule has 10 heteroatoms. The summed E-state index contributed by atoms with van der Waals surface area (Å²) in [7, 11) is -4.26. The van der Waals surface area contributed by atoms with Crippen molar-refractivity contribution in [3.05, 3.63) is 63.2 Å². The second-order valence-corrected chi connectivity index (χ2v) is 7.39. The highest BCUT2D eigenvalue weighted by Gasteiger charge is 2.29. The van der Waals surface area contributed by atoms with Crippen LogP contribution in [-0.4, -0.2) is 31.0 Å². The number of carboxylic acids is 1. The number of anilines is 1. The molecule has 0 saturated carbocycles. The molecule has 0 heterocycles. The highest BCUT2D eigenvalue weighted by molar-refractivity contribution is 7.92. The van der Waals surface area contributed by atoms with Crippen molar-refractivity contribution >= 4 is 39.0 Å². The van der Waals surface area contributed by atoms with Gasteiger partial charge in [0.25, 0.3) is 15.7 Å². The van der Waals surface area contributed by atoms with E-state index in [1.165, 1.54) is 43.3 Å². The van der Waals surface area contributed by atoms with E-state index in [0.717, 1.165) is 6.07 Å². The molecule has 0 radical (unpaired) electrons. The summed E-state index contributed by atoms with van der Waals surface area (Å²) in [6.45, 7) is 0.651. The number of carboxylic acid groups (broad SMARTS) is 1. The van der Waals surface area contributed by atoms with Gasteiger partial charge in [-0.15, -0.1) is 0 Å². The molecule has 0 saturated heterocycles. The molecule has 0 spiro atoms. The third kappa shape index (κ3) is 4.06. The van der Waals surface area contributed by atoms with Crippen molar-refractivity contribution in [2.75, 3.05) is 10.8 Å². The maximum Gasteiger partial charge on any atom is 0.324 e. The molecule has 25 heavy (non-hydrogen) atoms. The number of sulfonamides is 1. The van der Waals surface area contributed by atoms with E-state index in [1.807, 2.05) is 0 Å². The Bertz CT molecular complexity index is 928. The van der Waals surface area contributed by atoms with Gasteiger partial charge in [-0.2, -0.15) is 0 Å². The topological polar surface area (TPSA) is 118 Å². The predicted octanol–water partition coefficient (Wildman–Crippen LogP) is 2.84. The lowest BCUT2D eigenvalue weighted by molar-refractivity contribution is -0.384. The third-order valence-corrected chi connectivity index (χ3v) is 5.38. The highest BCUT2D eigenvalue weighted by Crippen LogP contribution is 2.30. The number of hydrogen-bond donors (Lipinski definition) is 1. The van der Waals surface area contributed by atoms with E-state index in [-0.39, 0.29) is 16.3 Å². The Kier molecular flexibility index (Phi) is 5.29. The van der Waals surface area contributed by atoms with Gasteiger partial charge in [-0.1, -0.05) is 17.7 Å². The molecule has 0 aliphatic carbocycles. The second-order valence-electron chi connectivity index (χ2n) is 5.09. The van der Waals surface area contributed by atoms with E-state index in [2.05, 4.69) is 0 Å². The van der Waals surface area contributed by atoms with Crippen LogP contribution in [-0.2, 0) is 14.8 Å². The number of nitro groups is 1. The van der Waals surface area contributed by atoms with Crippen LogP contribution in [0.25, 0.3) is 0 Å². The third-order valence-electron chi connectivity index (χ3n) is 3.35. The number of halogens is 1. The first-order valence-electron chi connectivity index (χ1n) is 6.88. The number of nitro benzene ring substituents is 1. The van der Waals surface area contributed by atoms with Gasteiger partial charge in [0.15, 0.2) is 0 Å². The van der Waals surface area contributed by atoms with Gasteiger partial charge in [0.1, 0.15) is 6.54 Å². The molecule has 0 aromatic heterocycles. The Morgan fingerprint density at radius 1 is 1.24 bits per heavy atom. The SMILES string of the molecule is Cc1ccc([N+](=O)[O-])cc1N(CC(=O)O)S(=O)(=O)c1ccc(Cl)cc1. The Hall–Kier alpha value is -2.65. The molecule has 0 bridgehead atoms. The molecular weight excluding hydrogens is 372 g/mol. The van der Waals surface area contributed by atoms with Crippen molar-refractivity contribution < 1.29 is 23.2 Å². The van der Waals surface area contributed by atoms with Crippen LogP contribution in [0.5, 0.6) is 0 Å². The molecule has 2 aromatic carbocycles. The largest absolute Gasteiger partial charge is 0.480 e. The van der Waals surface area contributed by atoms with Crippen molar-refractivity contribution in [3.63, 3.8) is 0 Å². The first-order chi connectivity index (χ1) is 11.6. The van der Waals surface area contributed by atoms with Crippen LogP contribution in [0.15, 0.2) is 47.4 Å². The molecule has 0 unspecified atom stereocenters. The van der Waals surface area contributed by atoms with Crippen molar-refractivity contribution in [1.29, 1.82) is 0 Å². The lowest BCUT2D eigenvalue weighted by atomic mass is 10.2. The summed E-state index contributed by atoms with van der Waals surface area (Å²) in [5.41, 5.74) is -0.0433. The minimum Gasteiger partial charge on any atom is -0.480 e. The molecule has 0 atom stereocenters. The summed E-state index contributed by atoms with van der Waals surface area (Å²) in [5, 5.41) is 20.4. The Balaban J connectivity index is 2.64. The van der Waals surface area contributed by atoms with E-state index < -0.39 is 27.5 Å². The fourth-order valence-corrected chi connectivity index (χ4v) is 3.73. The van der Waals surface area contributed by atoms with E-state index in [9.17, 15) is 23.3 Å². The summed E-state index contributed by atoms with van der Waals surface area (Å²) >= 11 is 5.75. The van der Waals surface area contributed by atoms with E-state index >= 15 is 0 Å². The number of carbonyl (C=O) groups is 1. The number of non-ortho nitro benzene ring substituents is 1. The first-order valence-corrected chi connectivity index (χ1v) is 8.70. The van der Waals surface area contributed by atoms with Crippen LogP contribution in [0.3, 0.4) is 0 Å². The van der Waals surface area contributed by atoms with E-state index in [1.54, 1.807) is 0 Å². The molecule has 2 aromatic rings. The zero-order valence-electron chi connectivity index (χ0n) is 12.9. The standard InChI is InChI=1S/C15H13ClN2O6S/c1-10-2-5-12(18(21)22)8-14(10)17(9-15(19)20)25(23,24)13-6-3-11(16)4-7-13/h2-8H,9H2,1H3,(H,19,20). The summed E-state index contributed by atoms with van der Waals surface area (Å²) in [5.74, 6) is -1.40. The minimum absolute atomic E-state index is 0.0773. The zero-order chi connectivity index (χ0) is 18.8. The second kappa shape index (κ2) is 7.08. The van der Waals surface area contributed by atoms with Gasteiger partial charge in [-0.3, -0.25) is 19.2 Å². The number of nitrogens with zero attached hydrogens (tertiary/aromatic N) is 2. The average molecular weight is 385 g/mol. The normalized spacial score (nSPS) is 11.1. The number of aliphatic carboxylic acids is 1. The molecule has 0 fully saturated rings. The van der Waals surface area contributed by atoms with Crippen molar-refractivity contribution in [2.24, 2.45) is 0 Å². The lowest BCUT2D eigenvalue weighted by Crippen LogP contribution is -2.36. The van der Waals surface area contributed by atoms with Crippen molar-refractivity contribution in [3.8, 4) is 0 Å². The Morgan fingerprint density at radius 2 is 1.84 bits per heavy atom. The van der Waals surface area contributed by atoms with Gasteiger partial charge in [-0.25, -0.2) is 8.42 Å². The van der Waals surface area contributed by atoms with E-state index in [4.69, 9.17) is 16.7 Å². The van der Waals surface area contributed by atoms with Crippen molar-refractivity contribution in [1.82, 2.24) is 0 Å². The number of aryl methyl sites for hydroxylation is 1. The monoisotopic (exact) mass is 384 g/mol. The van der Waals surface area contributed by atoms with Gasteiger partial charge in [0.2, 0.25) is 0 Å². The van der Waals surface area contributed by atoms with Crippen molar-refractivity contribution in [2.45, 2.75) is 11.8 Å². The number of rotatable bonds is 6. The summed E-state index contributed by atoms with van der Waals surface area (Å²) in [6.07, 6.45) is 0. The maximum absolute atomic E-state index is 12.9. The summed E-state index contributed by atoms with van der Waals surface area (Å²) in [6, 6.07) is 8.79. The highest BCUT2D eigenvalue weighted by atomic mass is 35.5. The first kappa shape index (κ1) is 18.7. The molecule has 132 valence electrons. The Morgan fingerprint density at radius 3 is 2.36 bits per heavy atom. The fraction of sp³-hybridized carbons (Fsp3) is 0.133. The lowest BCUT2D eigenvalue weighted by Gasteiger charge is -2.24. The fourth-order valence-electron chi connectivity index (χ4n) is 2.14. The summed E-state index contributed by atoms with van der Waals surface area (Å²) < 4.78 is 26.4. The van der Waals surface area contributed by atoms with Gasteiger partial charge in [0.05, 0.1) is 15.5 Å². The summed E-state index contributed by atoms with van der Waals surface area (Å²) in [4.78, 5) is 21.3. The van der Waals surface area contributed by atoms with Crippen LogP contribution in [0.1, 0.15) is 5.56 Å². The molecule has 8 nitrogen and oxygen atoms in total. The quantitative estimate of drug-likeness (QED) is 0.604. The van der Waals surface area contributed by atoms with Gasteiger partial charge in [-0.05, 0) is 36.8 Å². The van der Waals surface area contributed by atoms with Crippen LogP contribution < -0.4 is 4.31 Å². The van der Waals surface area contributed by atoms with Crippen LogP contribution >= 0.6 is 11.6 Å². The zero-order valence-corrected chi connectivity index (χ0v) is 14.5. The van der Waals surface area contributed by atoms with Crippen LogP contribution in [0, 0.1) is 17.0 Å². The minimum atomic E-state index is -4.26. The molecule has 0 aliphatic heterocycles. The molecular formula is C15H13ClN2O6S. The average Bonchev–Trinajstić information content (AvgIpc) is 2.53. The maximum atomic E-state index is 12.9. The van der Waals surface area contributed by atoms with Gasteiger partial charge < -0.3 is 5.11 Å². The predicted molar refractivity (Wildman–Crippen MR) is 91.5 cm³/mol. The molecule has 0 aliphatic rings. The van der Waals surface area contributed by atoms with Crippen LogP contribution in [0.4, 0.5) is 11.4 Å². The van der Waals surface area contributed by atoms with Gasteiger partial charge in [0, 0.05) is 17.2 Å².